The van der Waals surface area contributed by atoms with E-state index >= 15 is 0 Å². The largest absolute Gasteiger partial charge is 0.444 e. The van der Waals surface area contributed by atoms with Crippen molar-refractivity contribution in [3.8, 4) is 0 Å². The number of carbonyl (C=O) groups excluding carboxylic acids is 2. The second-order valence-corrected chi connectivity index (χ2v) is 8.44. The van der Waals surface area contributed by atoms with Gasteiger partial charge in [-0.2, -0.15) is 0 Å². The topological polar surface area (TPSA) is 61.9 Å². The summed E-state index contributed by atoms with van der Waals surface area (Å²) in [5.74, 6) is 0.323. The lowest BCUT2D eigenvalue weighted by molar-refractivity contribution is -0.123. The highest BCUT2D eigenvalue weighted by molar-refractivity contribution is 5.78. The Morgan fingerprint density at radius 2 is 1.67 bits per heavy atom. The smallest absolute Gasteiger partial charge is 0.410 e. The van der Waals surface area contributed by atoms with Crippen LogP contribution in [0.2, 0.25) is 0 Å². The number of benzene rings is 1. The Morgan fingerprint density at radius 3 is 2.19 bits per heavy atom. The van der Waals surface area contributed by atoms with Crippen molar-refractivity contribution < 1.29 is 14.3 Å². The third-order valence-electron chi connectivity index (χ3n) is 4.53. The molecule has 1 atom stereocenters. The van der Waals surface area contributed by atoms with E-state index in [4.69, 9.17) is 4.74 Å². The van der Waals surface area contributed by atoms with Gasteiger partial charge in [0, 0.05) is 26.2 Å². The zero-order chi connectivity index (χ0) is 20.0. The van der Waals surface area contributed by atoms with Crippen molar-refractivity contribution in [2.45, 2.75) is 46.3 Å². The lowest BCUT2D eigenvalue weighted by Gasteiger charge is -2.35. The van der Waals surface area contributed by atoms with Crippen molar-refractivity contribution in [2.24, 2.45) is 5.92 Å². The van der Waals surface area contributed by atoms with E-state index in [1.165, 1.54) is 0 Å². The van der Waals surface area contributed by atoms with Crippen molar-refractivity contribution in [3.05, 3.63) is 35.9 Å². The van der Waals surface area contributed by atoms with Crippen LogP contribution in [0.1, 0.15) is 46.2 Å². The number of hydrogen-bond acceptors (Lipinski definition) is 4. The maximum atomic E-state index is 12.5. The second-order valence-electron chi connectivity index (χ2n) is 8.44. The van der Waals surface area contributed by atoms with Crippen LogP contribution in [-0.4, -0.2) is 60.1 Å². The molecule has 1 heterocycles. The Bertz CT molecular complexity index is 617. The van der Waals surface area contributed by atoms with Crippen LogP contribution in [0.15, 0.2) is 30.3 Å². The fraction of sp³-hybridized carbons (Fsp3) is 0.619. The lowest BCUT2D eigenvalue weighted by atomic mass is 9.96. The highest BCUT2D eigenvalue weighted by Gasteiger charge is 2.27. The molecule has 6 nitrogen and oxygen atoms in total. The van der Waals surface area contributed by atoms with Gasteiger partial charge in [0.1, 0.15) is 5.60 Å². The summed E-state index contributed by atoms with van der Waals surface area (Å²) < 4.78 is 5.41. The predicted molar refractivity (Wildman–Crippen MR) is 106 cm³/mol. The van der Waals surface area contributed by atoms with Gasteiger partial charge < -0.3 is 15.0 Å². The minimum Gasteiger partial charge on any atom is -0.444 e. The molecule has 2 rings (SSSR count). The molecular weight excluding hydrogens is 342 g/mol. The van der Waals surface area contributed by atoms with Crippen molar-refractivity contribution >= 4 is 12.0 Å². The summed E-state index contributed by atoms with van der Waals surface area (Å²) in [6.07, 6.45) is -0.282. The summed E-state index contributed by atoms with van der Waals surface area (Å²) in [5.41, 5.74) is 0.632. The third-order valence-corrected chi connectivity index (χ3v) is 4.53. The van der Waals surface area contributed by atoms with E-state index in [9.17, 15) is 9.59 Å². The first-order valence-corrected chi connectivity index (χ1v) is 9.70. The number of nitrogens with zero attached hydrogens (tertiary/aromatic N) is 2. The van der Waals surface area contributed by atoms with Crippen LogP contribution >= 0.6 is 0 Å². The Hall–Kier alpha value is -2.08. The summed E-state index contributed by atoms with van der Waals surface area (Å²) in [5, 5.41) is 3.16. The quantitative estimate of drug-likeness (QED) is 0.859. The molecule has 1 saturated heterocycles. The van der Waals surface area contributed by atoms with Crippen LogP contribution in [0, 0.1) is 5.92 Å². The molecule has 1 N–H and O–H groups in total. The minimum absolute atomic E-state index is 0.00162. The van der Waals surface area contributed by atoms with E-state index in [1.807, 2.05) is 51.1 Å². The normalized spacial score (nSPS) is 16.9. The highest BCUT2D eigenvalue weighted by atomic mass is 16.6. The molecule has 0 aromatic heterocycles. The zero-order valence-electron chi connectivity index (χ0n) is 17.2. The average molecular weight is 376 g/mol. The molecule has 1 aliphatic rings. The van der Waals surface area contributed by atoms with Gasteiger partial charge in [-0.1, -0.05) is 44.2 Å². The first kappa shape index (κ1) is 21.2. The van der Waals surface area contributed by atoms with Crippen LogP contribution in [-0.2, 0) is 9.53 Å². The van der Waals surface area contributed by atoms with E-state index in [-0.39, 0.29) is 18.0 Å². The van der Waals surface area contributed by atoms with Crippen molar-refractivity contribution in [2.75, 3.05) is 32.7 Å². The van der Waals surface area contributed by atoms with Gasteiger partial charge in [0.05, 0.1) is 12.6 Å². The first-order valence-electron chi connectivity index (χ1n) is 9.70. The van der Waals surface area contributed by atoms with Gasteiger partial charge in [-0.05, 0) is 32.3 Å². The summed E-state index contributed by atoms with van der Waals surface area (Å²) in [6, 6.07) is 10.1. The number of carbonyl (C=O) groups is 2. The van der Waals surface area contributed by atoms with Gasteiger partial charge in [-0.15, -0.1) is 0 Å². The number of amides is 2. The molecule has 6 heteroatoms. The summed E-state index contributed by atoms with van der Waals surface area (Å²) in [7, 11) is 0. The number of rotatable bonds is 5. The van der Waals surface area contributed by atoms with E-state index in [0.29, 0.717) is 38.6 Å². The van der Waals surface area contributed by atoms with Gasteiger partial charge >= 0.3 is 6.09 Å². The molecule has 0 bridgehead atoms. The maximum absolute atomic E-state index is 12.5. The molecule has 0 radical (unpaired) electrons. The molecule has 1 aromatic carbocycles. The van der Waals surface area contributed by atoms with Crippen molar-refractivity contribution in [1.82, 2.24) is 15.1 Å². The predicted octanol–water partition coefficient (Wildman–Crippen LogP) is 3.05. The molecule has 1 aromatic rings. The maximum Gasteiger partial charge on any atom is 0.410 e. The highest BCUT2D eigenvalue weighted by Crippen LogP contribution is 2.21. The Labute approximate surface area is 162 Å². The molecule has 27 heavy (non-hydrogen) atoms. The van der Waals surface area contributed by atoms with Crippen LogP contribution < -0.4 is 5.32 Å². The van der Waals surface area contributed by atoms with E-state index in [1.54, 1.807) is 4.90 Å². The fourth-order valence-corrected chi connectivity index (χ4v) is 3.13. The third kappa shape index (κ3) is 6.86. The second kappa shape index (κ2) is 9.22. The Balaban J connectivity index is 1.82. The summed E-state index contributed by atoms with van der Waals surface area (Å²) in [6.45, 7) is 12.7. The van der Waals surface area contributed by atoms with Crippen LogP contribution in [0.4, 0.5) is 4.79 Å². The van der Waals surface area contributed by atoms with Gasteiger partial charge in [0.25, 0.3) is 0 Å². The fourth-order valence-electron chi connectivity index (χ4n) is 3.13. The average Bonchev–Trinajstić information content (AvgIpc) is 2.59. The van der Waals surface area contributed by atoms with E-state index in [0.717, 1.165) is 5.56 Å². The number of piperazine rings is 1. The van der Waals surface area contributed by atoms with Gasteiger partial charge in [0.15, 0.2) is 0 Å². The molecule has 1 fully saturated rings. The Morgan fingerprint density at radius 1 is 1.07 bits per heavy atom. The first-order chi connectivity index (χ1) is 12.7. The van der Waals surface area contributed by atoms with E-state index in [2.05, 4.69) is 24.1 Å². The standard InChI is InChI=1S/C21H33N3O3/c1-16(2)19(17-9-7-6-8-10-17)22-18(25)15-23-11-13-24(14-12-23)20(26)27-21(3,4)5/h6-10,16,19H,11-15H2,1-5H3,(H,22,25). The van der Waals surface area contributed by atoms with Gasteiger partial charge in [-0.3, -0.25) is 9.69 Å². The SMILES string of the molecule is CC(C)C(NC(=O)CN1CCN(C(=O)OC(C)(C)C)CC1)c1ccccc1. The van der Waals surface area contributed by atoms with E-state index < -0.39 is 5.60 Å². The number of ether oxygens (including phenoxy) is 1. The number of nitrogens with one attached hydrogen (secondary N) is 1. The van der Waals surface area contributed by atoms with Crippen LogP contribution in [0.5, 0.6) is 0 Å². The van der Waals surface area contributed by atoms with Gasteiger partial charge in [-0.25, -0.2) is 4.79 Å². The summed E-state index contributed by atoms with van der Waals surface area (Å²) in [4.78, 5) is 28.5. The lowest BCUT2D eigenvalue weighted by Crippen LogP contribution is -2.52. The molecule has 0 saturated carbocycles. The number of hydrogen-bond donors (Lipinski definition) is 1. The van der Waals surface area contributed by atoms with Crippen molar-refractivity contribution in [3.63, 3.8) is 0 Å². The molecule has 1 aliphatic heterocycles. The molecule has 1 unspecified atom stereocenters. The molecule has 0 aliphatic carbocycles. The van der Waals surface area contributed by atoms with Crippen LogP contribution in [0.3, 0.4) is 0 Å². The molecule has 2 amide bonds. The molecule has 0 spiro atoms. The minimum atomic E-state index is -0.489. The van der Waals surface area contributed by atoms with Gasteiger partial charge in [0.2, 0.25) is 5.91 Å². The zero-order valence-corrected chi connectivity index (χ0v) is 17.2. The van der Waals surface area contributed by atoms with Crippen molar-refractivity contribution in [1.29, 1.82) is 0 Å². The molecule has 150 valence electrons. The van der Waals surface area contributed by atoms with Crippen LogP contribution in [0.25, 0.3) is 0 Å². The Kier molecular flexibility index (Phi) is 7.25. The monoisotopic (exact) mass is 375 g/mol. The summed E-state index contributed by atoms with van der Waals surface area (Å²) >= 11 is 0. The molecular formula is C21H33N3O3.